The van der Waals surface area contributed by atoms with E-state index in [1.807, 2.05) is 24.3 Å². The fraction of sp³-hybridized carbons (Fsp3) is 0.333. The van der Waals surface area contributed by atoms with E-state index in [0.717, 1.165) is 56.7 Å². The number of anilines is 2. The van der Waals surface area contributed by atoms with Gasteiger partial charge in [-0.1, -0.05) is 30.3 Å². The minimum atomic E-state index is -2.83. The Hall–Kier alpha value is -2.54. The number of amidine groups is 1. The summed E-state index contributed by atoms with van der Waals surface area (Å²) in [7, 11) is 0. The van der Waals surface area contributed by atoms with Crippen LogP contribution in [0.3, 0.4) is 0 Å². The minimum Gasteiger partial charge on any atom is -0.368 e. The average molecular weight is 400 g/mol. The van der Waals surface area contributed by atoms with Gasteiger partial charge >= 0.3 is 0 Å². The van der Waals surface area contributed by atoms with Gasteiger partial charge in [0, 0.05) is 56.5 Å². The molecule has 4 nitrogen and oxygen atoms in total. The lowest BCUT2D eigenvalue weighted by Gasteiger charge is -2.36. The number of aliphatic imine (C=N–C) groups is 1. The molecule has 2 heterocycles. The SMILES string of the molecule is CC(F)(F)c1cccc(N2CCN(C(=S)N=C3Cc4ccccc4N3)CC2)c1. The normalized spacial score (nSPS) is 18.2. The van der Waals surface area contributed by atoms with Crippen LogP contribution in [0, 0.1) is 0 Å². The lowest BCUT2D eigenvalue weighted by molar-refractivity contribution is 0.0175. The maximum absolute atomic E-state index is 13.6. The van der Waals surface area contributed by atoms with Crippen molar-refractivity contribution in [2.75, 3.05) is 36.4 Å². The van der Waals surface area contributed by atoms with Gasteiger partial charge in [0.1, 0.15) is 5.84 Å². The molecule has 2 aliphatic heterocycles. The van der Waals surface area contributed by atoms with E-state index in [4.69, 9.17) is 12.2 Å². The molecule has 1 fully saturated rings. The lowest BCUT2D eigenvalue weighted by Crippen LogP contribution is -2.48. The Kier molecular flexibility index (Phi) is 5.02. The van der Waals surface area contributed by atoms with E-state index in [1.54, 1.807) is 12.1 Å². The molecule has 0 aromatic heterocycles. The highest BCUT2D eigenvalue weighted by Crippen LogP contribution is 2.30. The second-order valence-corrected chi connectivity index (χ2v) is 7.58. The van der Waals surface area contributed by atoms with E-state index in [2.05, 4.69) is 26.2 Å². The molecule has 0 aliphatic carbocycles. The lowest BCUT2D eigenvalue weighted by atomic mass is 10.1. The molecular formula is C21H22F2N4S. The maximum atomic E-state index is 13.6. The largest absolute Gasteiger partial charge is 0.368 e. The average Bonchev–Trinajstić information content (AvgIpc) is 3.10. The minimum absolute atomic E-state index is 0.0428. The van der Waals surface area contributed by atoms with Crippen molar-refractivity contribution in [1.29, 1.82) is 0 Å². The number of halogens is 2. The van der Waals surface area contributed by atoms with Gasteiger partial charge in [-0.2, -0.15) is 0 Å². The second-order valence-electron chi connectivity index (χ2n) is 7.21. The molecule has 2 aliphatic rings. The summed E-state index contributed by atoms with van der Waals surface area (Å²) in [6, 6.07) is 14.7. The molecule has 0 spiro atoms. The van der Waals surface area contributed by atoms with Crippen molar-refractivity contribution in [2.45, 2.75) is 19.3 Å². The molecule has 0 atom stereocenters. The number of fused-ring (bicyclic) bond motifs is 1. The number of hydrogen-bond donors (Lipinski definition) is 1. The number of para-hydroxylation sites is 1. The van der Waals surface area contributed by atoms with Crippen LogP contribution in [-0.2, 0) is 12.3 Å². The molecule has 0 saturated carbocycles. The van der Waals surface area contributed by atoms with Gasteiger partial charge in [0.2, 0.25) is 0 Å². The number of nitrogens with zero attached hydrogens (tertiary/aromatic N) is 3. The van der Waals surface area contributed by atoms with Crippen LogP contribution in [0.2, 0.25) is 0 Å². The van der Waals surface area contributed by atoms with Crippen LogP contribution in [0.1, 0.15) is 18.1 Å². The molecule has 0 radical (unpaired) electrons. The molecule has 2 aromatic rings. The van der Waals surface area contributed by atoms with Crippen LogP contribution in [0.15, 0.2) is 53.5 Å². The Morgan fingerprint density at radius 1 is 1.07 bits per heavy atom. The number of alkyl halides is 2. The predicted molar refractivity (Wildman–Crippen MR) is 114 cm³/mol. The molecule has 0 amide bonds. The van der Waals surface area contributed by atoms with Gasteiger partial charge in [-0.3, -0.25) is 0 Å². The topological polar surface area (TPSA) is 30.9 Å². The first-order chi connectivity index (χ1) is 13.4. The summed E-state index contributed by atoms with van der Waals surface area (Å²) >= 11 is 5.53. The third-order valence-electron chi connectivity index (χ3n) is 5.15. The van der Waals surface area contributed by atoms with Crippen molar-refractivity contribution >= 4 is 34.5 Å². The predicted octanol–water partition coefficient (Wildman–Crippen LogP) is 4.27. The van der Waals surface area contributed by atoms with E-state index in [1.165, 1.54) is 11.6 Å². The van der Waals surface area contributed by atoms with Crippen LogP contribution >= 0.6 is 12.2 Å². The zero-order valence-corrected chi connectivity index (χ0v) is 16.5. The molecule has 28 heavy (non-hydrogen) atoms. The molecule has 4 rings (SSSR count). The van der Waals surface area contributed by atoms with Crippen molar-refractivity contribution in [3.63, 3.8) is 0 Å². The summed E-state index contributed by atoms with van der Waals surface area (Å²) in [5.41, 5.74) is 3.17. The highest BCUT2D eigenvalue weighted by atomic mass is 32.1. The molecule has 0 bridgehead atoms. The third kappa shape index (κ3) is 3.99. The molecule has 2 aromatic carbocycles. The molecule has 0 unspecified atom stereocenters. The monoisotopic (exact) mass is 400 g/mol. The summed E-state index contributed by atoms with van der Waals surface area (Å²) < 4.78 is 27.2. The fourth-order valence-corrected chi connectivity index (χ4v) is 3.85. The van der Waals surface area contributed by atoms with Crippen LogP contribution in [-0.4, -0.2) is 42.0 Å². The summed E-state index contributed by atoms with van der Waals surface area (Å²) in [5.74, 6) is -1.96. The fourth-order valence-electron chi connectivity index (χ4n) is 3.56. The van der Waals surface area contributed by atoms with Gasteiger partial charge in [-0.25, -0.2) is 13.8 Å². The first-order valence-electron chi connectivity index (χ1n) is 9.35. The van der Waals surface area contributed by atoms with E-state index in [0.29, 0.717) is 5.11 Å². The quantitative estimate of drug-likeness (QED) is 0.763. The molecule has 7 heteroatoms. The Morgan fingerprint density at radius 3 is 2.54 bits per heavy atom. The first-order valence-corrected chi connectivity index (χ1v) is 9.76. The van der Waals surface area contributed by atoms with Crippen LogP contribution in [0.5, 0.6) is 0 Å². The van der Waals surface area contributed by atoms with Crippen molar-refractivity contribution in [1.82, 2.24) is 4.90 Å². The van der Waals surface area contributed by atoms with Crippen molar-refractivity contribution in [3.8, 4) is 0 Å². The summed E-state index contributed by atoms with van der Waals surface area (Å²) in [4.78, 5) is 8.79. The van der Waals surface area contributed by atoms with Crippen LogP contribution in [0.4, 0.5) is 20.2 Å². The Bertz CT molecular complexity index is 888. The van der Waals surface area contributed by atoms with Gasteiger partial charge in [-0.15, -0.1) is 0 Å². The first kappa shape index (κ1) is 18.8. The zero-order valence-electron chi connectivity index (χ0n) is 15.7. The Labute approximate surface area is 168 Å². The van der Waals surface area contributed by atoms with E-state index >= 15 is 0 Å². The number of rotatable bonds is 2. The van der Waals surface area contributed by atoms with E-state index in [9.17, 15) is 8.78 Å². The highest BCUT2D eigenvalue weighted by molar-refractivity contribution is 7.80. The standard InChI is InChI=1S/C21H22F2N4S/c1-21(22,23)16-6-4-7-17(14-16)26-9-11-27(12-10-26)20(28)25-19-13-15-5-2-3-8-18(15)24-19/h2-8,14H,9-13H2,1H3,(H,24,25,28). The molecule has 1 N–H and O–H groups in total. The van der Waals surface area contributed by atoms with Gasteiger partial charge in [-0.05, 0) is 36.0 Å². The highest BCUT2D eigenvalue weighted by Gasteiger charge is 2.26. The number of thiocarbonyl (C=S) groups is 1. The van der Waals surface area contributed by atoms with Crippen molar-refractivity contribution in [3.05, 3.63) is 59.7 Å². The summed E-state index contributed by atoms with van der Waals surface area (Å²) in [5, 5.41) is 3.89. The Balaban J connectivity index is 1.37. The number of benzene rings is 2. The Morgan fingerprint density at radius 2 is 1.82 bits per heavy atom. The number of nitrogens with one attached hydrogen (secondary N) is 1. The maximum Gasteiger partial charge on any atom is 0.270 e. The number of hydrogen-bond acceptors (Lipinski definition) is 2. The van der Waals surface area contributed by atoms with Gasteiger partial charge in [0.05, 0.1) is 0 Å². The smallest absolute Gasteiger partial charge is 0.270 e. The molecule has 146 valence electrons. The van der Waals surface area contributed by atoms with Crippen molar-refractivity contribution in [2.24, 2.45) is 4.99 Å². The van der Waals surface area contributed by atoms with Gasteiger partial charge in [0.25, 0.3) is 5.92 Å². The van der Waals surface area contributed by atoms with E-state index in [-0.39, 0.29) is 5.56 Å². The van der Waals surface area contributed by atoms with Crippen LogP contribution < -0.4 is 10.2 Å². The van der Waals surface area contributed by atoms with Gasteiger partial charge in [0.15, 0.2) is 5.11 Å². The van der Waals surface area contributed by atoms with Crippen molar-refractivity contribution < 1.29 is 8.78 Å². The van der Waals surface area contributed by atoms with Crippen LogP contribution in [0.25, 0.3) is 0 Å². The summed E-state index contributed by atoms with van der Waals surface area (Å²) in [6.07, 6.45) is 0.758. The van der Waals surface area contributed by atoms with Gasteiger partial charge < -0.3 is 15.1 Å². The molecule has 1 saturated heterocycles. The molecular weight excluding hydrogens is 378 g/mol. The summed E-state index contributed by atoms with van der Waals surface area (Å²) in [6.45, 7) is 3.80. The third-order valence-corrected chi connectivity index (χ3v) is 5.50. The van der Waals surface area contributed by atoms with E-state index < -0.39 is 5.92 Å². The number of piperazine rings is 1. The zero-order chi connectivity index (χ0) is 19.7. The second kappa shape index (κ2) is 7.47.